The lowest BCUT2D eigenvalue weighted by Gasteiger charge is -2.10. The molecular weight excluding hydrogens is 291 g/mol. The van der Waals surface area contributed by atoms with Gasteiger partial charge in [0.2, 0.25) is 0 Å². The van der Waals surface area contributed by atoms with Gasteiger partial charge in [0.05, 0.1) is 5.69 Å². The number of rotatable bonds is 2. The number of benzene rings is 1. The van der Waals surface area contributed by atoms with Crippen molar-refractivity contribution in [1.29, 1.82) is 0 Å². The molecule has 0 saturated carbocycles. The summed E-state index contributed by atoms with van der Waals surface area (Å²) in [5.74, 6) is 0. The van der Waals surface area contributed by atoms with E-state index in [1.807, 2.05) is 13.1 Å². The molecule has 1 heterocycles. The van der Waals surface area contributed by atoms with Crippen molar-refractivity contribution in [3.05, 3.63) is 51.2 Å². The Morgan fingerprint density at radius 1 is 1.44 bits per heavy atom. The molecule has 1 aromatic heterocycles. The summed E-state index contributed by atoms with van der Waals surface area (Å²) in [4.78, 5) is 0. The van der Waals surface area contributed by atoms with Crippen LogP contribution in [-0.2, 0) is 7.05 Å². The number of aromatic nitrogens is 2. The van der Waals surface area contributed by atoms with E-state index >= 15 is 0 Å². The largest absolute Gasteiger partial charge is 0.382 e. The van der Waals surface area contributed by atoms with Crippen LogP contribution in [0.1, 0.15) is 17.4 Å². The van der Waals surface area contributed by atoms with E-state index in [1.54, 1.807) is 29.1 Å². The Bertz CT molecular complexity index is 512. The van der Waals surface area contributed by atoms with E-state index in [-0.39, 0.29) is 0 Å². The Morgan fingerprint density at radius 3 is 2.81 bits per heavy atom. The highest BCUT2D eigenvalue weighted by atomic mass is 79.9. The van der Waals surface area contributed by atoms with Gasteiger partial charge in [0.25, 0.3) is 0 Å². The molecule has 84 valence electrons. The summed E-state index contributed by atoms with van der Waals surface area (Å²) in [7, 11) is 1.81. The third kappa shape index (κ3) is 2.29. The maximum Gasteiger partial charge on any atom is 0.124 e. The highest BCUT2D eigenvalue weighted by Crippen LogP contribution is 2.29. The molecule has 0 aliphatic rings. The Morgan fingerprint density at radius 2 is 2.19 bits per heavy atom. The molecule has 16 heavy (non-hydrogen) atoms. The Hall–Kier alpha value is -0.840. The number of aliphatic hydroxyl groups excluding tert-OH is 1. The van der Waals surface area contributed by atoms with Crippen molar-refractivity contribution in [2.45, 2.75) is 6.10 Å². The molecule has 0 fully saturated rings. The van der Waals surface area contributed by atoms with Crippen LogP contribution in [-0.4, -0.2) is 14.9 Å². The summed E-state index contributed by atoms with van der Waals surface area (Å²) in [5, 5.41) is 14.9. The van der Waals surface area contributed by atoms with Gasteiger partial charge in [-0.15, -0.1) is 0 Å². The zero-order valence-corrected chi connectivity index (χ0v) is 10.9. The molecule has 0 bridgehead atoms. The van der Waals surface area contributed by atoms with Gasteiger partial charge in [-0.05, 0) is 24.3 Å². The van der Waals surface area contributed by atoms with Crippen molar-refractivity contribution in [3.8, 4) is 0 Å². The molecule has 0 radical (unpaired) electrons. The van der Waals surface area contributed by atoms with Gasteiger partial charge in [-0.25, -0.2) is 0 Å². The van der Waals surface area contributed by atoms with Gasteiger partial charge in [0.1, 0.15) is 6.10 Å². The van der Waals surface area contributed by atoms with Crippen molar-refractivity contribution in [3.63, 3.8) is 0 Å². The monoisotopic (exact) mass is 300 g/mol. The van der Waals surface area contributed by atoms with Crippen LogP contribution in [0, 0.1) is 0 Å². The van der Waals surface area contributed by atoms with Gasteiger partial charge in [-0.2, -0.15) is 5.10 Å². The van der Waals surface area contributed by atoms with Crippen LogP contribution >= 0.6 is 27.5 Å². The smallest absolute Gasteiger partial charge is 0.124 e. The average molecular weight is 302 g/mol. The quantitative estimate of drug-likeness (QED) is 0.926. The van der Waals surface area contributed by atoms with Gasteiger partial charge in [-0.3, -0.25) is 4.68 Å². The first-order chi connectivity index (χ1) is 7.58. The van der Waals surface area contributed by atoms with Gasteiger partial charge >= 0.3 is 0 Å². The average Bonchev–Trinajstić information content (AvgIpc) is 2.67. The topological polar surface area (TPSA) is 38.0 Å². The van der Waals surface area contributed by atoms with Crippen molar-refractivity contribution >= 4 is 27.5 Å². The van der Waals surface area contributed by atoms with Gasteiger partial charge in [0, 0.05) is 28.3 Å². The normalized spacial score (nSPS) is 12.8. The predicted molar refractivity (Wildman–Crippen MR) is 66.4 cm³/mol. The minimum Gasteiger partial charge on any atom is -0.382 e. The lowest BCUT2D eigenvalue weighted by atomic mass is 10.1. The molecule has 0 saturated heterocycles. The van der Waals surface area contributed by atoms with Crippen LogP contribution in [0.15, 0.2) is 34.9 Å². The fourth-order valence-electron chi connectivity index (χ4n) is 1.46. The molecule has 2 rings (SSSR count). The molecule has 0 aliphatic carbocycles. The van der Waals surface area contributed by atoms with E-state index < -0.39 is 6.10 Å². The zero-order chi connectivity index (χ0) is 11.7. The molecule has 3 nitrogen and oxygen atoms in total. The van der Waals surface area contributed by atoms with E-state index in [4.69, 9.17) is 11.6 Å². The van der Waals surface area contributed by atoms with Crippen LogP contribution in [0.25, 0.3) is 0 Å². The summed E-state index contributed by atoms with van der Waals surface area (Å²) < 4.78 is 2.46. The number of aliphatic hydroxyl groups is 1. The summed E-state index contributed by atoms with van der Waals surface area (Å²) in [5.41, 5.74) is 1.32. The van der Waals surface area contributed by atoms with Crippen LogP contribution in [0.4, 0.5) is 0 Å². The van der Waals surface area contributed by atoms with E-state index in [2.05, 4.69) is 21.0 Å². The van der Waals surface area contributed by atoms with Crippen molar-refractivity contribution in [1.82, 2.24) is 9.78 Å². The van der Waals surface area contributed by atoms with Crippen molar-refractivity contribution in [2.24, 2.45) is 7.05 Å². The Labute approximate surface area is 107 Å². The fraction of sp³-hybridized carbons (Fsp3) is 0.182. The molecule has 1 aromatic carbocycles. The molecule has 5 heteroatoms. The molecule has 0 amide bonds. The fourth-order valence-corrected chi connectivity index (χ4v) is 2.11. The highest BCUT2D eigenvalue weighted by Gasteiger charge is 2.16. The summed E-state index contributed by atoms with van der Waals surface area (Å²) in [6.07, 6.45) is 1.02. The number of hydrogen-bond acceptors (Lipinski definition) is 2. The maximum absolute atomic E-state index is 10.1. The minimum absolute atomic E-state index is 0.591. The molecule has 1 atom stereocenters. The first-order valence-corrected chi connectivity index (χ1v) is 5.87. The van der Waals surface area contributed by atoms with E-state index in [9.17, 15) is 5.11 Å². The van der Waals surface area contributed by atoms with Crippen LogP contribution in [0.2, 0.25) is 5.02 Å². The van der Waals surface area contributed by atoms with Gasteiger partial charge in [0.15, 0.2) is 0 Å². The number of halogens is 2. The SMILES string of the molecule is Cn1ccc(C(O)c2cc(Cl)ccc2Br)n1. The number of nitrogens with zero attached hydrogens (tertiary/aromatic N) is 2. The minimum atomic E-state index is -0.769. The first kappa shape index (κ1) is 11.6. The van der Waals surface area contributed by atoms with Crippen molar-refractivity contribution < 1.29 is 5.11 Å². The van der Waals surface area contributed by atoms with Crippen molar-refractivity contribution in [2.75, 3.05) is 0 Å². The van der Waals surface area contributed by atoms with Gasteiger partial charge < -0.3 is 5.11 Å². The zero-order valence-electron chi connectivity index (χ0n) is 8.56. The molecule has 1 unspecified atom stereocenters. The van der Waals surface area contributed by atoms with E-state index in [1.165, 1.54) is 0 Å². The molecular formula is C11H10BrClN2O. The summed E-state index contributed by atoms with van der Waals surface area (Å²) in [6.45, 7) is 0. The summed E-state index contributed by atoms with van der Waals surface area (Å²) >= 11 is 9.28. The predicted octanol–water partition coefficient (Wildman–Crippen LogP) is 2.92. The third-order valence-corrected chi connectivity index (χ3v) is 3.22. The van der Waals surface area contributed by atoms with Crippen LogP contribution in [0.3, 0.4) is 0 Å². The van der Waals surface area contributed by atoms with E-state index in [0.29, 0.717) is 16.3 Å². The second-order valence-electron chi connectivity index (χ2n) is 3.48. The maximum atomic E-state index is 10.1. The van der Waals surface area contributed by atoms with E-state index in [0.717, 1.165) is 4.47 Å². The van der Waals surface area contributed by atoms with Crippen LogP contribution < -0.4 is 0 Å². The second-order valence-corrected chi connectivity index (χ2v) is 4.77. The number of hydrogen-bond donors (Lipinski definition) is 1. The second kappa shape index (κ2) is 4.57. The van der Waals surface area contributed by atoms with Crippen LogP contribution in [0.5, 0.6) is 0 Å². The molecule has 1 N–H and O–H groups in total. The summed E-state index contributed by atoms with van der Waals surface area (Å²) in [6, 6.07) is 7.08. The van der Waals surface area contributed by atoms with Gasteiger partial charge in [-0.1, -0.05) is 27.5 Å². The lowest BCUT2D eigenvalue weighted by molar-refractivity contribution is 0.213. The lowest BCUT2D eigenvalue weighted by Crippen LogP contribution is -2.02. The standard InChI is InChI=1S/C11H10BrClN2O/c1-15-5-4-10(14-15)11(16)8-6-7(13)2-3-9(8)12/h2-6,11,16H,1H3. The molecule has 0 spiro atoms. The Kier molecular flexibility index (Phi) is 3.33. The molecule has 0 aliphatic heterocycles. The highest BCUT2D eigenvalue weighted by molar-refractivity contribution is 9.10. The Balaban J connectivity index is 2.40. The molecule has 2 aromatic rings. The third-order valence-electron chi connectivity index (χ3n) is 2.27. The number of aryl methyl sites for hydroxylation is 1. The first-order valence-electron chi connectivity index (χ1n) is 4.70.